The second-order valence-electron chi connectivity index (χ2n) is 2.17. The van der Waals surface area contributed by atoms with Crippen molar-refractivity contribution in [3.8, 4) is 5.75 Å². The molecule has 1 aromatic carbocycles. The van der Waals surface area contributed by atoms with Crippen LogP contribution >= 0.6 is 0 Å². The Hall–Kier alpha value is -1.46. The van der Waals surface area contributed by atoms with Crippen LogP contribution < -0.4 is 10.3 Å². The molecule has 2 nitrogen and oxygen atoms in total. The number of halogens is 4. The fourth-order valence-electron chi connectivity index (χ4n) is 0.752. The van der Waals surface area contributed by atoms with Crippen molar-refractivity contribution in [2.75, 3.05) is 5.54 Å². The smallest absolute Gasteiger partial charge is 0.406 e. The molecule has 0 unspecified atom stereocenters. The standard InChI is InChI=1S/C7H5F4NO/c8-7(9,10)13-6-3-1-2-5(4-6)12-11/h1-4,12H. The van der Waals surface area contributed by atoms with Gasteiger partial charge in [0.2, 0.25) is 0 Å². The molecule has 0 atom stereocenters. The van der Waals surface area contributed by atoms with E-state index in [1.165, 1.54) is 17.7 Å². The highest BCUT2D eigenvalue weighted by molar-refractivity contribution is 5.46. The van der Waals surface area contributed by atoms with Crippen molar-refractivity contribution in [2.24, 2.45) is 0 Å². The number of nitrogens with one attached hydrogen (secondary N) is 1. The van der Waals surface area contributed by atoms with E-state index >= 15 is 0 Å². The van der Waals surface area contributed by atoms with E-state index in [0.717, 1.165) is 12.1 Å². The number of anilines is 1. The van der Waals surface area contributed by atoms with Gasteiger partial charge in [-0.1, -0.05) is 6.07 Å². The molecule has 1 aromatic rings. The van der Waals surface area contributed by atoms with Crippen molar-refractivity contribution in [3.63, 3.8) is 0 Å². The largest absolute Gasteiger partial charge is 0.573 e. The Kier molecular flexibility index (Phi) is 2.60. The Balaban J connectivity index is 2.78. The summed E-state index contributed by atoms with van der Waals surface area (Å²) in [5.41, 5.74) is 1.11. The molecule has 0 aliphatic rings. The minimum Gasteiger partial charge on any atom is -0.406 e. The normalized spacial score (nSPS) is 11.1. The SMILES string of the molecule is FNc1cccc(OC(F)(F)F)c1. The topological polar surface area (TPSA) is 21.3 Å². The minimum atomic E-state index is -4.76. The summed E-state index contributed by atoms with van der Waals surface area (Å²) in [7, 11) is 0. The third-order valence-electron chi connectivity index (χ3n) is 1.18. The summed E-state index contributed by atoms with van der Waals surface area (Å²) in [6, 6.07) is 4.48. The monoisotopic (exact) mass is 195 g/mol. The van der Waals surface area contributed by atoms with Gasteiger partial charge in [-0.05, 0) is 12.1 Å². The zero-order valence-electron chi connectivity index (χ0n) is 6.23. The van der Waals surface area contributed by atoms with E-state index in [4.69, 9.17) is 0 Å². The van der Waals surface area contributed by atoms with Crippen LogP contribution in [0, 0.1) is 0 Å². The highest BCUT2D eigenvalue weighted by atomic mass is 19.4. The lowest BCUT2D eigenvalue weighted by atomic mass is 10.3. The van der Waals surface area contributed by atoms with Gasteiger partial charge in [0.1, 0.15) is 5.75 Å². The summed E-state index contributed by atoms with van der Waals surface area (Å²) in [5, 5.41) is 0. The highest BCUT2D eigenvalue weighted by Gasteiger charge is 2.31. The zero-order valence-corrected chi connectivity index (χ0v) is 6.23. The van der Waals surface area contributed by atoms with Crippen LogP contribution in [0.15, 0.2) is 24.3 Å². The van der Waals surface area contributed by atoms with E-state index in [1.54, 1.807) is 0 Å². The molecular formula is C7H5F4NO. The van der Waals surface area contributed by atoms with Crippen LogP contribution in [0.2, 0.25) is 0 Å². The first kappa shape index (κ1) is 9.63. The molecule has 0 fully saturated rings. The summed E-state index contributed by atoms with van der Waals surface area (Å²) >= 11 is 0. The number of alkyl halides is 3. The van der Waals surface area contributed by atoms with E-state index in [0.29, 0.717) is 0 Å². The molecule has 0 bridgehead atoms. The average Bonchev–Trinajstić information content (AvgIpc) is 2.01. The summed E-state index contributed by atoms with van der Waals surface area (Å²) < 4.78 is 50.2. The molecule has 1 N–H and O–H groups in total. The molecule has 0 spiro atoms. The molecular weight excluding hydrogens is 190 g/mol. The Labute approximate surface area is 71.1 Å². The van der Waals surface area contributed by atoms with Crippen molar-refractivity contribution >= 4 is 5.69 Å². The Bertz CT molecular complexity index is 286. The first-order valence-electron chi connectivity index (χ1n) is 3.24. The predicted molar refractivity (Wildman–Crippen MR) is 37.9 cm³/mol. The summed E-state index contributed by atoms with van der Waals surface area (Å²) in [6.07, 6.45) is -4.76. The van der Waals surface area contributed by atoms with Crippen LogP contribution in [0.5, 0.6) is 5.75 Å². The van der Waals surface area contributed by atoms with E-state index in [9.17, 15) is 17.7 Å². The lowest BCUT2D eigenvalue weighted by molar-refractivity contribution is -0.274. The third-order valence-corrected chi connectivity index (χ3v) is 1.18. The van der Waals surface area contributed by atoms with Gasteiger partial charge in [-0.2, -0.15) is 0 Å². The van der Waals surface area contributed by atoms with Crippen LogP contribution in [0.4, 0.5) is 23.3 Å². The summed E-state index contributed by atoms with van der Waals surface area (Å²) in [4.78, 5) is 0. The maximum atomic E-state index is 11.8. The van der Waals surface area contributed by atoms with Crippen molar-refractivity contribution in [3.05, 3.63) is 24.3 Å². The van der Waals surface area contributed by atoms with Crippen LogP contribution in [0.25, 0.3) is 0 Å². The second kappa shape index (κ2) is 3.51. The minimum absolute atomic E-state index is 0.0956. The van der Waals surface area contributed by atoms with Crippen molar-refractivity contribution in [1.82, 2.24) is 0 Å². The number of rotatable bonds is 2. The van der Waals surface area contributed by atoms with Gasteiger partial charge < -0.3 is 4.74 Å². The molecule has 0 radical (unpaired) electrons. The van der Waals surface area contributed by atoms with Crippen molar-refractivity contribution < 1.29 is 22.4 Å². The predicted octanol–water partition coefficient (Wildman–Crippen LogP) is 2.88. The quantitative estimate of drug-likeness (QED) is 0.578. The van der Waals surface area contributed by atoms with Crippen LogP contribution in [-0.2, 0) is 0 Å². The fourth-order valence-corrected chi connectivity index (χ4v) is 0.752. The fraction of sp³-hybridized carbons (Fsp3) is 0.143. The van der Waals surface area contributed by atoms with E-state index < -0.39 is 12.1 Å². The molecule has 0 saturated heterocycles. The van der Waals surface area contributed by atoms with Gasteiger partial charge in [-0.3, -0.25) is 0 Å². The summed E-state index contributed by atoms with van der Waals surface area (Å²) in [6.45, 7) is 0. The molecule has 6 heteroatoms. The number of hydrogen-bond acceptors (Lipinski definition) is 2. The third kappa shape index (κ3) is 3.18. The number of ether oxygens (including phenoxy) is 1. The molecule has 72 valence electrons. The van der Waals surface area contributed by atoms with Gasteiger partial charge in [0.15, 0.2) is 0 Å². The molecule has 0 aliphatic carbocycles. The van der Waals surface area contributed by atoms with Crippen LogP contribution in [0.1, 0.15) is 0 Å². The highest BCUT2D eigenvalue weighted by Crippen LogP contribution is 2.24. The van der Waals surface area contributed by atoms with Gasteiger partial charge in [0.05, 0.1) is 5.69 Å². The van der Waals surface area contributed by atoms with E-state index in [-0.39, 0.29) is 5.69 Å². The van der Waals surface area contributed by atoms with E-state index in [2.05, 4.69) is 4.74 Å². The maximum Gasteiger partial charge on any atom is 0.573 e. The lowest BCUT2D eigenvalue weighted by Gasteiger charge is -2.08. The first-order chi connectivity index (χ1) is 6.01. The average molecular weight is 195 g/mol. The molecule has 0 saturated carbocycles. The maximum absolute atomic E-state index is 11.8. The van der Waals surface area contributed by atoms with Gasteiger partial charge in [0, 0.05) is 6.07 Å². The second-order valence-corrected chi connectivity index (χ2v) is 2.17. The number of benzene rings is 1. The molecule has 13 heavy (non-hydrogen) atoms. The zero-order chi connectivity index (χ0) is 9.90. The molecule has 1 rings (SSSR count). The van der Waals surface area contributed by atoms with Gasteiger partial charge >= 0.3 is 6.36 Å². The van der Waals surface area contributed by atoms with Crippen molar-refractivity contribution in [1.29, 1.82) is 0 Å². The Morgan fingerprint density at radius 2 is 1.92 bits per heavy atom. The van der Waals surface area contributed by atoms with Crippen LogP contribution in [0.3, 0.4) is 0 Å². The van der Waals surface area contributed by atoms with Gasteiger partial charge in [0.25, 0.3) is 0 Å². The molecule has 0 heterocycles. The first-order valence-corrected chi connectivity index (χ1v) is 3.24. The number of hydrogen-bond donors (Lipinski definition) is 1. The molecule has 0 aliphatic heterocycles. The van der Waals surface area contributed by atoms with Crippen LogP contribution in [-0.4, -0.2) is 6.36 Å². The van der Waals surface area contributed by atoms with Crippen molar-refractivity contribution in [2.45, 2.75) is 6.36 Å². The summed E-state index contributed by atoms with van der Waals surface area (Å²) in [5.74, 6) is -0.463. The van der Waals surface area contributed by atoms with Gasteiger partial charge in [-0.15, -0.1) is 17.7 Å². The Morgan fingerprint density at radius 1 is 1.23 bits per heavy atom. The van der Waals surface area contributed by atoms with Gasteiger partial charge in [-0.25, -0.2) is 5.54 Å². The van der Waals surface area contributed by atoms with E-state index in [1.807, 2.05) is 0 Å². The lowest BCUT2D eigenvalue weighted by Crippen LogP contribution is -2.17. The molecule has 0 aromatic heterocycles. The molecule has 0 amide bonds. The Morgan fingerprint density at radius 3 is 2.46 bits per heavy atom.